The highest BCUT2D eigenvalue weighted by Gasteiger charge is 2.25. The number of rotatable bonds is 5. The molecule has 0 aliphatic carbocycles. The van der Waals surface area contributed by atoms with Crippen LogP contribution in [0.15, 0.2) is 71.4 Å². The lowest BCUT2D eigenvalue weighted by Gasteiger charge is -2.12. The molecular formula is C26H20ClNO5. The SMILES string of the molecule is COc1cc(/C=C2\N=C(c3ccc(C)cc3)OC2=O)cc(Cl)c1OC(=O)c1cccc(C)c1. The first-order valence-corrected chi connectivity index (χ1v) is 10.5. The summed E-state index contributed by atoms with van der Waals surface area (Å²) in [6.07, 6.45) is 1.53. The lowest BCUT2D eigenvalue weighted by molar-refractivity contribution is -0.129. The summed E-state index contributed by atoms with van der Waals surface area (Å²) in [4.78, 5) is 29.2. The Labute approximate surface area is 196 Å². The third kappa shape index (κ3) is 4.96. The first-order chi connectivity index (χ1) is 15.8. The van der Waals surface area contributed by atoms with E-state index in [1.807, 2.05) is 44.2 Å². The van der Waals surface area contributed by atoms with Crippen LogP contribution in [0.5, 0.6) is 11.5 Å². The van der Waals surface area contributed by atoms with Gasteiger partial charge in [-0.3, -0.25) is 0 Å². The van der Waals surface area contributed by atoms with Crippen molar-refractivity contribution in [3.8, 4) is 11.5 Å². The summed E-state index contributed by atoms with van der Waals surface area (Å²) in [5.74, 6) is -0.574. The van der Waals surface area contributed by atoms with Gasteiger partial charge in [0.1, 0.15) is 0 Å². The van der Waals surface area contributed by atoms with Gasteiger partial charge in [0.25, 0.3) is 0 Å². The van der Waals surface area contributed by atoms with Gasteiger partial charge in [0, 0.05) is 5.56 Å². The van der Waals surface area contributed by atoms with Gasteiger partial charge in [-0.1, -0.05) is 47.0 Å². The number of halogens is 1. The molecular weight excluding hydrogens is 442 g/mol. The molecule has 0 radical (unpaired) electrons. The van der Waals surface area contributed by atoms with Crippen molar-refractivity contribution in [2.75, 3.05) is 7.11 Å². The Kier molecular flexibility index (Phi) is 6.29. The van der Waals surface area contributed by atoms with Crippen LogP contribution < -0.4 is 9.47 Å². The van der Waals surface area contributed by atoms with Gasteiger partial charge in [-0.2, -0.15) is 0 Å². The number of esters is 2. The molecule has 3 aromatic carbocycles. The second-order valence-electron chi connectivity index (χ2n) is 7.50. The van der Waals surface area contributed by atoms with Crippen molar-refractivity contribution in [2.24, 2.45) is 4.99 Å². The van der Waals surface area contributed by atoms with Crippen LogP contribution in [0.3, 0.4) is 0 Å². The number of carbonyl (C=O) groups excluding carboxylic acids is 2. The number of cyclic esters (lactones) is 1. The molecule has 7 heteroatoms. The number of ether oxygens (including phenoxy) is 3. The molecule has 4 rings (SSSR count). The van der Waals surface area contributed by atoms with Crippen LogP contribution in [-0.4, -0.2) is 24.9 Å². The lowest BCUT2D eigenvalue weighted by atomic mass is 10.1. The highest BCUT2D eigenvalue weighted by atomic mass is 35.5. The third-order valence-electron chi connectivity index (χ3n) is 4.92. The number of benzene rings is 3. The number of methoxy groups -OCH3 is 1. The van der Waals surface area contributed by atoms with Crippen molar-refractivity contribution in [2.45, 2.75) is 13.8 Å². The molecule has 1 heterocycles. The largest absolute Gasteiger partial charge is 0.493 e. The van der Waals surface area contributed by atoms with Crippen LogP contribution >= 0.6 is 11.6 Å². The van der Waals surface area contributed by atoms with Gasteiger partial charge < -0.3 is 14.2 Å². The monoisotopic (exact) mass is 461 g/mol. The lowest BCUT2D eigenvalue weighted by Crippen LogP contribution is -2.10. The second kappa shape index (κ2) is 9.30. The summed E-state index contributed by atoms with van der Waals surface area (Å²) in [6, 6.07) is 17.7. The first-order valence-electron chi connectivity index (χ1n) is 10.1. The molecule has 0 amide bonds. The molecule has 166 valence electrons. The van der Waals surface area contributed by atoms with E-state index in [2.05, 4.69) is 4.99 Å². The van der Waals surface area contributed by atoms with E-state index in [1.54, 1.807) is 30.3 Å². The topological polar surface area (TPSA) is 74.2 Å². The zero-order valence-corrected chi connectivity index (χ0v) is 19.0. The number of aryl methyl sites for hydroxylation is 2. The van der Waals surface area contributed by atoms with Crippen molar-refractivity contribution in [3.05, 3.63) is 99.2 Å². The molecule has 6 nitrogen and oxygen atoms in total. The van der Waals surface area contributed by atoms with E-state index in [4.69, 9.17) is 25.8 Å². The third-order valence-corrected chi connectivity index (χ3v) is 5.20. The van der Waals surface area contributed by atoms with Gasteiger partial charge in [-0.15, -0.1) is 0 Å². The molecule has 0 N–H and O–H groups in total. The molecule has 1 aliphatic heterocycles. The number of hydrogen-bond donors (Lipinski definition) is 0. The Morgan fingerprint density at radius 3 is 2.48 bits per heavy atom. The summed E-state index contributed by atoms with van der Waals surface area (Å²) in [5, 5.41) is 0.149. The normalized spacial score (nSPS) is 14.1. The molecule has 0 atom stereocenters. The summed E-state index contributed by atoms with van der Waals surface area (Å²) in [5.41, 5.74) is 3.77. The van der Waals surface area contributed by atoms with Crippen LogP contribution in [0.25, 0.3) is 6.08 Å². The second-order valence-corrected chi connectivity index (χ2v) is 7.90. The van der Waals surface area contributed by atoms with E-state index in [-0.39, 0.29) is 28.1 Å². The predicted molar refractivity (Wildman–Crippen MR) is 126 cm³/mol. The molecule has 0 unspecified atom stereocenters. The van der Waals surface area contributed by atoms with E-state index in [0.29, 0.717) is 16.7 Å². The molecule has 1 aliphatic rings. The standard InChI is InChI=1S/C26H20ClNO5/c1-15-7-9-18(10-8-15)24-28-21(26(30)33-24)13-17-12-20(27)23(22(14-17)31-3)32-25(29)19-6-4-5-16(2)11-19/h4-14H,1-3H3/b21-13-. The number of hydrogen-bond acceptors (Lipinski definition) is 6. The fourth-order valence-electron chi connectivity index (χ4n) is 3.23. The zero-order chi connectivity index (χ0) is 23.5. The quantitative estimate of drug-likeness (QED) is 0.284. The van der Waals surface area contributed by atoms with Crippen LogP contribution in [0.4, 0.5) is 0 Å². The minimum absolute atomic E-state index is 0.0886. The van der Waals surface area contributed by atoms with Gasteiger partial charge in [0.15, 0.2) is 17.2 Å². The minimum atomic E-state index is -0.574. The summed E-state index contributed by atoms with van der Waals surface area (Å²) in [6.45, 7) is 3.85. The number of nitrogens with zero attached hydrogens (tertiary/aromatic N) is 1. The van der Waals surface area contributed by atoms with Crippen LogP contribution in [0, 0.1) is 13.8 Å². The Morgan fingerprint density at radius 1 is 1.03 bits per heavy atom. The molecule has 3 aromatic rings. The van der Waals surface area contributed by atoms with Gasteiger partial charge in [0.2, 0.25) is 5.90 Å². The highest BCUT2D eigenvalue weighted by molar-refractivity contribution is 6.32. The minimum Gasteiger partial charge on any atom is -0.493 e. The van der Waals surface area contributed by atoms with Crippen LogP contribution in [0.1, 0.15) is 32.6 Å². The molecule has 0 saturated heterocycles. The summed E-state index contributed by atoms with van der Waals surface area (Å²) >= 11 is 6.40. The van der Waals surface area contributed by atoms with Gasteiger partial charge in [-0.25, -0.2) is 14.6 Å². The molecule has 0 aromatic heterocycles. The fourth-order valence-corrected chi connectivity index (χ4v) is 3.49. The van der Waals surface area contributed by atoms with Crippen LogP contribution in [0.2, 0.25) is 5.02 Å². The van der Waals surface area contributed by atoms with Crippen molar-refractivity contribution in [1.29, 1.82) is 0 Å². The van der Waals surface area contributed by atoms with Gasteiger partial charge >= 0.3 is 11.9 Å². The molecule has 33 heavy (non-hydrogen) atoms. The van der Waals surface area contributed by atoms with Gasteiger partial charge in [0.05, 0.1) is 17.7 Å². The average Bonchev–Trinajstić information content (AvgIpc) is 3.15. The maximum atomic E-state index is 12.6. The van der Waals surface area contributed by atoms with Crippen LogP contribution in [-0.2, 0) is 9.53 Å². The maximum Gasteiger partial charge on any atom is 0.363 e. The fraction of sp³-hybridized carbons (Fsp3) is 0.115. The van der Waals surface area contributed by atoms with Crippen molar-refractivity contribution < 1.29 is 23.8 Å². The molecule has 0 bridgehead atoms. The zero-order valence-electron chi connectivity index (χ0n) is 18.2. The van der Waals surface area contributed by atoms with E-state index in [0.717, 1.165) is 11.1 Å². The van der Waals surface area contributed by atoms with Gasteiger partial charge in [-0.05, 0) is 61.9 Å². The first kappa shape index (κ1) is 22.3. The Bertz CT molecular complexity index is 1310. The Balaban J connectivity index is 1.62. The smallest absolute Gasteiger partial charge is 0.363 e. The number of aliphatic imine (C=N–C) groups is 1. The summed E-state index contributed by atoms with van der Waals surface area (Å²) < 4.78 is 16.2. The van der Waals surface area contributed by atoms with Crippen molar-refractivity contribution >= 4 is 35.5 Å². The molecule has 0 saturated carbocycles. The van der Waals surface area contributed by atoms with Crippen molar-refractivity contribution in [1.82, 2.24) is 0 Å². The highest BCUT2D eigenvalue weighted by Crippen LogP contribution is 2.38. The number of carbonyl (C=O) groups is 2. The van der Waals surface area contributed by atoms with E-state index >= 15 is 0 Å². The maximum absolute atomic E-state index is 12.6. The summed E-state index contributed by atoms with van der Waals surface area (Å²) in [7, 11) is 1.43. The van der Waals surface area contributed by atoms with E-state index in [9.17, 15) is 9.59 Å². The molecule has 0 spiro atoms. The Morgan fingerprint density at radius 2 is 1.79 bits per heavy atom. The van der Waals surface area contributed by atoms with E-state index < -0.39 is 11.9 Å². The predicted octanol–water partition coefficient (Wildman–Crippen LogP) is 5.53. The van der Waals surface area contributed by atoms with Crippen molar-refractivity contribution in [3.63, 3.8) is 0 Å². The Hall–Kier alpha value is -3.90. The average molecular weight is 462 g/mol. The van der Waals surface area contributed by atoms with E-state index in [1.165, 1.54) is 13.2 Å². The molecule has 0 fully saturated rings.